The summed E-state index contributed by atoms with van der Waals surface area (Å²) in [5, 5.41) is 2.73. The zero-order valence-corrected chi connectivity index (χ0v) is 16.8. The van der Waals surface area contributed by atoms with Gasteiger partial charge in [0.1, 0.15) is 6.73 Å². The number of carbonyl (C=O) groups excluding carboxylic acids is 1. The van der Waals surface area contributed by atoms with Crippen LogP contribution in [0.3, 0.4) is 0 Å². The zero-order chi connectivity index (χ0) is 19.5. The quantitative estimate of drug-likeness (QED) is 0.448. The van der Waals surface area contributed by atoms with Crippen molar-refractivity contribution in [1.82, 2.24) is 14.3 Å². The molecule has 1 N–H and O–H groups in total. The van der Waals surface area contributed by atoms with Crippen molar-refractivity contribution in [1.29, 1.82) is 0 Å². The van der Waals surface area contributed by atoms with Crippen LogP contribution < -0.4 is 11.1 Å². The van der Waals surface area contributed by atoms with Gasteiger partial charge in [-0.1, -0.05) is 19.6 Å². The molecule has 0 unspecified atom stereocenters. The molecule has 0 saturated carbocycles. The Hall–Kier alpha value is -2.39. The Morgan fingerprint density at radius 3 is 2.42 bits per heavy atom. The number of aryl methyl sites for hydroxylation is 1. The lowest BCUT2D eigenvalue weighted by Crippen LogP contribution is -2.27. The third-order valence-electron chi connectivity index (χ3n) is 3.96. The van der Waals surface area contributed by atoms with Crippen LogP contribution in [0.25, 0.3) is 11.1 Å². The highest BCUT2D eigenvalue weighted by atomic mass is 28.3. The van der Waals surface area contributed by atoms with Crippen LogP contribution in [0.1, 0.15) is 10.4 Å². The topological polar surface area (TPSA) is 95.3 Å². The second kappa shape index (κ2) is 7.88. The molecule has 0 aliphatic heterocycles. The number of nitrogens with one attached hydrogen (secondary N) is 1. The van der Waals surface area contributed by atoms with Gasteiger partial charge < -0.3 is 14.6 Å². The lowest BCUT2D eigenvalue weighted by molar-refractivity contribution is 0.0595. The van der Waals surface area contributed by atoms with Gasteiger partial charge in [0, 0.05) is 34.1 Å². The maximum Gasteiger partial charge on any atom is 0.339 e. The third kappa shape index (κ3) is 4.61. The third-order valence-corrected chi connectivity index (χ3v) is 5.67. The fourth-order valence-corrected chi connectivity index (χ4v) is 3.11. The summed E-state index contributed by atoms with van der Waals surface area (Å²) in [6.45, 7) is 7.25. The van der Waals surface area contributed by atoms with Crippen molar-refractivity contribution < 1.29 is 14.3 Å². The molecule has 8 nitrogen and oxygen atoms in total. The van der Waals surface area contributed by atoms with Crippen molar-refractivity contribution in [2.24, 2.45) is 7.05 Å². The molecule has 0 amide bonds. The van der Waals surface area contributed by atoms with Crippen molar-refractivity contribution in [3.63, 3.8) is 0 Å². The maximum absolute atomic E-state index is 12.8. The minimum Gasteiger partial charge on any atom is -0.465 e. The lowest BCUT2D eigenvalue weighted by Gasteiger charge is -2.16. The van der Waals surface area contributed by atoms with Crippen molar-refractivity contribution in [3.8, 4) is 11.1 Å². The molecule has 0 aliphatic carbocycles. The number of pyridine rings is 1. The normalized spacial score (nSPS) is 11.6. The van der Waals surface area contributed by atoms with Gasteiger partial charge in [0.15, 0.2) is 0 Å². The number of carbonyl (C=O) groups is 1. The van der Waals surface area contributed by atoms with Crippen molar-refractivity contribution in [3.05, 3.63) is 44.7 Å². The molecule has 0 fully saturated rings. The molecule has 0 spiro atoms. The summed E-state index contributed by atoms with van der Waals surface area (Å²) in [4.78, 5) is 36.9. The van der Waals surface area contributed by atoms with Gasteiger partial charge in [-0.05, 0) is 12.1 Å². The van der Waals surface area contributed by atoms with Crippen LogP contribution in [0, 0.1) is 0 Å². The van der Waals surface area contributed by atoms with E-state index in [4.69, 9.17) is 9.47 Å². The highest BCUT2D eigenvalue weighted by molar-refractivity contribution is 6.76. The number of methoxy groups -OCH3 is 1. The van der Waals surface area contributed by atoms with Crippen molar-refractivity contribution >= 4 is 14.0 Å². The molecule has 0 atom stereocenters. The van der Waals surface area contributed by atoms with Crippen molar-refractivity contribution in [2.45, 2.75) is 32.4 Å². The molecular weight excluding hydrogens is 354 g/mol. The fraction of sp³-hybridized carbons (Fsp3) is 0.471. The number of nitrogens with zero attached hydrogens (tertiary/aromatic N) is 2. The van der Waals surface area contributed by atoms with Crippen LogP contribution in [-0.2, 0) is 23.3 Å². The van der Waals surface area contributed by atoms with Crippen LogP contribution >= 0.6 is 0 Å². The Morgan fingerprint density at radius 1 is 1.19 bits per heavy atom. The number of hydrogen-bond donors (Lipinski definition) is 1. The van der Waals surface area contributed by atoms with Crippen LogP contribution in [0.5, 0.6) is 0 Å². The number of aromatic amines is 1. The average Bonchev–Trinajstić information content (AvgIpc) is 2.90. The molecule has 2 aromatic rings. The molecule has 2 heterocycles. The second-order valence-electron chi connectivity index (χ2n) is 7.31. The monoisotopic (exact) mass is 379 g/mol. The first-order chi connectivity index (χ1) is 12.1. The molecule has 0 aliphatic rings. The van der Waals surface area contributed by atoms with Gasteiger partial charge in [-0.2, -0.15) is 0 Å². The summed E-state index contributed by atoms with van der Waals surface area (Å²) >= 11 is 0. The highest BCUT2D eigenvalue weighted by Crippen LogP contribution is 2.14. The number of ether oxygens (including phenoxy) is 2. The number of esters is 1. The smallest absolute Gasteiger partial charge is 0.339 e. The van der Waals surface area contributed by atoms with E-state index in [1.807, 2.05) is 0 Å². The van der Waals surface area contributed by atoms with E-state index in [0.29, 0.717) is 6.61 Å². The van der Waals surface area contributed by atoms with Gasteiger partial charge in [-0.15, -0.1) is 0 Å². The molecule has 9 heteroatoms. The standard InChI is InChI=1S/C17H25N3O5Si/c1-19-15(21)14(9-18-19)13-8-12(17(23)24-2)10-20(16(13)22)11-25-6-7-26(3,4)5/h8-10,18H,6-7,11H2,1-5H3. The van der Waals surface area contributed by atoms with Gasteiger partial charge >= 0.3 is 5.97 Å². The van der Waals surface area contributed by atoms with E-state index in [1.165, 1.54) is 34.8 Å². The summed E-state index contributed by atoms with van der Waals surface area (Å²) < 4.78 is 12.9. The molecule has 0 radical (unpaired) electrons. The van der Waals surface area contributed by atoms with Gasteiger partial charge in [0.2, 0.25) is 0 Å². The Bertz CT molecular complexity index is 904. The average molecular weight is 379 g/mol. The minimum atomic E-state index is -1.25. The number of hydrogen-bond acceptors (Lipinski definition) is 5. The van der Waals surface area contributed by atoms with Gasteiger partial charge in [-0.3, -0.25) is 18.8 Å². The molecule has 142 valence electrons. The predicted octanol–water partition coefficient (Wildman–Crippen LogP) is 1.64. The predicted molar refractivity (Wildman–Crippen MR) is 101 cm³/mol. The lowest BCUT2D eigenvalue weighted by atomic mass is 10.1. The highest BCUT2D eigenvalue weighted by Gasteiger charge is 2.18. The van der Waals surface area contributed by atoms with E-state index in [1.54, 1.807) is 7.05 Å². The molecule has 0 bridgehead atoms. The zero-order valence-electron chi connectivity index (χ0n) is 15.8. The summed E-state index contributed by atoms with van der Waals surface area (Å²) in [6.07, 6.45) is 2.83. The minimum absolute atomic E-state index is 0.00584. The van der Waals surface area contributed by atoms with E-state index in [0.717, 1.165) is 6.04 Å². The molecule has 2 rings (SSSR count). The van der Waals surface area contributed by atoms with Crippen LogP contribution in [0.2, 0.25) is 25.7 Å². The Morgan fingerprint density at radius 2 is 1.88 bits per heavy atom. The van der Waals surface area contributed by atoms with E-state index >= 15 is 0 Å². The number of aromatic nitrogens is 3. The first kappa shape index (κ1) is 19.9. The van der Waals surface area contributed by atoms with Crippen molar-refractivity contribution in [2.75, 3.05) is 13.7 Å². The fourth-order valence-electron chi connectivity index (χ4n) is 2.35. The molecule has 0 saturated heterocycles. The first-order valence-electron chi connectivity index (χ1n) is 8.29. The first-order valence-corrected chi connectivity index (χ1v) is 12.0. The maximum atomic E-state index is 12.8. The van der Waals surface area contributed by atoms with Crippen LogP contribution in [-0.4, -0.2) is 42.1 Å². The SMILES string of the molecule is COC(=O)c1cc(-c2c[nH]n(C)c2=O)c(=O)n(COCC[Si](C)(C)C)c1. The summed E-state index contributed by atoms with van der Waals surface area (Å²) in [6, 6.07) is 2.33. The summed E-state index contributed by atoms with van der Waals surface area (Å²) in [5.74, 6) is -0.588. The van der Waals surface area contributed by atoms with E-state index in [9.17, 15) is 14.4 Å². The van der Waals surface area contributed by atoms with E-state index < -0.39 is 19.6 Å². The Kier molecular flexibility index (Phi) is 6.04. The largest absolute Gasteiger partial charge is 0.465 e. The second-order valence-corrected chi connectivity index (χ2v) is 12.9. The molecular formula is C17H25N3O5Si. The van der Waals surface area contributed by atoms with E-state index in [-0.39, 0.29) is 29.0 Å². The van der Waals surface area contributed by atoms with Crippen LogP contribution in [0.15, 0.2) is 28.0 Å². The summed E-state index contributed by atoms with van der Waals surface area (Å²) in [5.41, 5.74) is -0.250. The van der Waals surface area contributed by atoms with Gasteiger partial charge in [0.05, 0.1) is 23.8 Å². The Balaban J connectivity index is 2.40. The van der Waals surface area contributed by atoms with Gasteiger partial charge in [-0.25, -0.2) is 4.79 Å². The van der Waals surface area contributed by atoms with Crippen LogP contribution in [0.4, 0.5) is 0 Å². The number of H-pyrrole nitrogens is 1. The number of rotatable bonds is 7. The molecule has 2 aromatic heterocycles. The van der Waals surface area contributed by atoms with Gasteiger partial charge in [0.25, 0.3) is 11.1 Å². The molecule has 26 heavy (non-hydrogen) atoms. The summed E-state index contributed by atoms with van der Waals surface area (Å²) in [7, 11) is 1.56. The Labute approximate surface area is 152 Å². The molecule has 0 aromatic carbocycles. The van der Waals surface area contributed by atoms with E-state index in [2.05, 4.69) is 24.7 Å².